The molecule has 1 aliphatic rings. The smallest absolute Gasteiger partial charge is 0.111 e. The molecule has 0 spiro atoms. The van der Waals surface area contributed by atoms with Gasteiger partial charge in [-0.25, -0.2) is 0 Å². The first kappa shape index (κ1) is 9.03. The molecule has 0 aromatic carbocycles. The number of likely N-dealkylation sites (tertiary alicyclic amines) is 1. The van der Waals surface area contributed by atoms with Crippen molar-refractivity contribution in [2.24, 2.45) is 0 Å². The molecule has 0 unspecified atom stereocenters. The van der Waals surface area contributed by atoms with Gasteiger partial charge < -0.3 is 0 Å². The highest BCUT2D eigenvalue weighted by atomic mass is 15.2. The summed E-state index contributed by atoms with van der Waals surface area (Å²) in [5.41, 5.74) is 0. The first-order chi connectivity index (χ1) is 5.88. The van der Waals surface area contributed by atoms with Gasteiger partial charge in [-0.15, -0.1) is 0 Å². The highest BCUT2D eigenvalue weighted by molar-refractivity contribution is 4.98. The zero-order valence-electron chi connectivity index (χ0n) is 7.16. The maximum Gasteiger partial charge on any atom is 0.111 e. The van der Waals surface area contributed by atoms with Gasteiger partial charge in [-0.2, -0.15) is 10.5 Å². The van der Waals surface area contributed by atoms with Crippen LogP contribution in [0.1, 0.15) is 25.7 Å². The van der Waals surface area contributed by atoms with E-state index < -0.39 is 0 Å². The number of rotatable bonds is 2. The van der Waals surface area contributed by atoms with Gasteiger partial charge in [-0.05, 0) is 25.9 Å². The van der Waals surface area contributed by atoms with E-state index in [0.717, 1.165) is 13.1 Å². The number of piperidine rings is 1. The van der Waals surface area contributed by atoms with Crippen molar-refractivity contribution < 1.29 is 0 Å². The van der Waals surface area contributed by atoms with Crippen LogP contribution in [0.5, 0.6) is 0 Å². The second-order valence-corrected chi connectivity index (χ2v) is 3.10. The van der Waals surface area contributed by atoms with Crippen LogP contribution in [0.2, 0.25) is 0 Å². The van der Waals surface area contributed by atoms with Gasteiger partial charge in [0.25, 0.3) is 0 Å². The molecule has 1 atom stereocenters. The van der Waals surface area contributed by atoms with Crippen LogP contribution in [0, 0.1) is 22.7 Å². The topological polar surface area (TPSA) is 50.8 Å². The predicted octanol–water partition coefficient (Wildman–Crippen LogP) is 1.28. The number of nitrogens with zero attached hydrogens (tertiary/aromatic N) is 3. The first-order valence-corrected chi connectivity index (χ1v) is 4.39. The molecule has 0 N–H and O–H groups in total. The molecule has 64 valence electrons. The summed E-state index contributed by atoms with van der Waals surface area (Å²) in [6.07, 6.45) is 3.95. The van der Waals surface area contributed by atoms with E-state index in [1.165, 1.54) is 19.3 Å². The Hall–Kier alpha value is -1.06. The van der Waals surface area contributed by atoms with Crippen molar-refractivity contribution in [1.82, 2.24) is 4.90 Å². The fourth-order valence-electron chi connectivity index (χ4n) is 1.57. The maximum atomic E-state index is 8.77. The van der Waals surface area contributed by atoms with Gasteiger partial charge in [0.05, 0.1) is 18.6 Å². The summed E-state index contributed by atoms with van der Waals surface area (Å²) in [6.45, 7) is 1.97. The zero-order chi connectivity index (χ0) is 8.81. The van der Waals surface area contributed by atoms with Crippen molar-refractivity contribution >= 4 is 0 Å². The molecule has 0 bridgehead atoms. The normalized spacial score (nSPS) is 20.8. The molecule has 1 fully saturated rings. The van der Waals surface area contributed by atoms with Crippen molar-refractivity contribution in [3.8, 4) is 12.1 Å². The van der Waals surface area contributed by atoms with E-state index >= 15 is 0 Å². The second kappa shape index (κ2) is 4.74. The summed E-state index contributed by atoms with van der Waals surface area (Å²) >= 11 is 0. The average Bonchev–Trinajstić information content (AvgIpc) is 2.15. The maximum absolute atomic E-state index is 8.77. The van der Waals surface area contributed by atoms with Gasteiger partial charge in [0.1, 0.15) is 6.04 Å². The molecular weight excluding hydrogens is 150 g/mol. The summed E-state index contributed by atoms with van der Waals surface area (Å²) in [5, 5.41) is 17.2. The fraction of sp³-hybridized carbons (Fsp3) is 0.778. The molecular formula is C9H13N3. The lowest BCUT2D eigenvalue weighted by molar-refractivity contribution is 0.196. The van der Waals surface area contributed by atoms with E-state index in [-0.39, 0.29) is 6.04 Å². The molecule has 1 aliphatic heterocycles. The number of nitriles is 2. The van der Waals surface area contributed by atoms with E-state index in [1.54, 1.807) is 0 Å². The quantitative estimate of drug-likeness (QED) is 0.616. The Morgan fingerprint density at radius 2 is 1.83 bits per heavy atom. The second-order valence-electron chi connectivity index (χ2n) is 3.10. The fourth-order valence-corrected chi connectivity index (χ4v) is 1.57. The Bertz CT molecular complexity index is 205. The monoisotopic (exact) mass is 163 g/mol. The van der Waals surface area contributed by atoms with Crippen molar-refractivity contribution in [2.45, 2.75) is 31.7 Å². The van der Waals surface area contributed by atoms with Gasteiger partial charge in [0, 0.05) is 0 Å². The molecule has 12 heavy (non-hydrogen) atoms. The number of hydrogen-bond donors (Lipinski definition) is 0. The van der Waals surface area contributed by atoms with Crippen molar-refractivity contribution in [3.63, 3.8) is 0 Å². The molecule has 1 heterocycles. The van der Waals surface area contributed by atoms with Crippen LogP contribution < -0.4 is 0 Å². The van der Waals surface area contributed by atoms with Crippen LogP contribution in [0.15, 0.2) is 0 Å². The largest absolute Gasteiger partial charge is 0.287 e. The van der Waals surface area contributed by atoms with Crippen molar-refractivity contribution in [1.29, 1.82) is 10.5 Å². The SMILES string of the molecule is N#CC[C@@H](C#N)N1CCCCC1. The standard InChI is InChI=1S/C9H13N3/c10-5-4-9(8-11)12-6-2-1-3-7-12/h9H,1-4,6-7H2/t9-/m0/s1. The molecule has 3 nitrogen and oxygen atoms in total. The third kappa shape index (κ3) is 2.22. The minimum absolute atomic E-state index is 0.171. The predicted molar refractivity (Wildman–Crippen MR) is 45.1 cm³/mol. The molecule has 3 heteroatoms. The summed E-state index contributed by atoms with van der Waals surface area (Å²) < 4.78 is 0. The third-order valence-electron chi connectivity index (χ3n) is 2.27. The Kier molecular flexibility index (Phi) is 3.57. The molecule has 0 radical (unpaired) electrons. The van der Waals surface area contributed by atoms with Crippen LogP contribution in [-0.4, -0.2) is 24.0 Å². The molecule has 0 aromatic rings. The summed E-state index contributed by atoms with van der Waals surface area (Å²) in [6, 6.07) is 4.06. The van der Waals surface area contributed by atoms with E-state index in [2.05, 4.69) is 17.0 Å². The van der Waals surface area contributed by atoms with Crippen LogP contribution in [0.25, 0.3) is 0 Å². The van der Waals surface area contributed by atoms with Gasteiger partial charge in [0.2, 0.25) is 0 Å². The zero-order valence-corrected chi connectivity index (χ0v) is 7.16. The van der Waals surface area contributed by atoms with Crippen molar-refractivity contribution in [2.75, 3.05) is 13.1 Å². The van der Waals surface area contributed by atoms with E-state index in [9.17, 15) is 0 Å². The molecule has 1 rings (SSSR count). The van der Waals surface area contributed by atoms with Crippen LogP contribution in [0.3, 0.4) is 0 Å². The van der Waals surface area contributed by atoms with Gasteiger partial charge >= 0.3 is 0 Å². The summed E-state index contributed by atoms with van der Waals surface area (Å²) in [7, 11) is 0. The van der Waals surface area contributed by atoms with Crippen LogP contribution in [0.4, 0.5) is 0 Å². The minimum Gasteiger partial charge on any atom is -0.287 e. The Morgan fingerprint density at radius 1 is 1.17 bits per heavy atom. The van der Waals surface area contributed by atoms with Crippen LogP contribution >= 0.6 is 0 Å². The highest BCUT2D eigenvalue weighted by Gasteiger charge is 2.19. The average molecular weight is 163 g/mol. The van der Waals surface area contributed by atoms with Crippen LogP contribution in [-0.2, 0) is 0 Å². The number of hydrogen-bond acceptors (Lipinski definition) is 3. The van der Waals surface area contributed by atoms with E-state index in [1.807, 2.05) is 0 Å². The van der Waals surface area contributed by atoms with E-state index in [0.29, 0.717) is 6.42 Å². The molecule has 1 saturated heterocycles. The lowest BCUT2D eigenvalue weighted by atomic mass is 10.1. The molecule has 0 aromatic heterocycles. The Labute approximate surface area is 73.2 Å². The van der Waals surface area contributed by atoms with E-state index in [4.69, 9.17) is 10.5 Å². The van der Waals surface area contributed by atoms with Gasteiger partial charge in [-0.3, -0.25) is 4.90 Å². The van der Waals surface area contributed by atoms with Crippen molar-refractivity contribution in [3.05, 3.63) is 0 Å². The van der Waals surface area contributed by atoms with Gasteiger partial charge in [0.15, 0.2) is 0 Å². The molecule has 0 amide bonds. The summed E-state index contributed by atoms with van der Waals surface area (Å²) in [4.78, 5) is 2.12. The molecule has 0 saturated carbocycles. The Balaban J connectivity index is 2.43. The first-order valence-electron chi connectivity index (χ1n) is 4.39. The lowest BCUT2D eigenvalue weighted by Gasteiger charge is -2.29. The summed E-state index contributed by atoms with van der Waals surface area (Å²) in [5.74, 6) is 0. The molecule has 0 aliphatic carbocycles. The highest BCUT2D eigenvalue weighted by Crippen LogP contribution is 2.13. The van der Waals surface area contributed by atoms with Gasteiger partial charge in [-0.1, -0.05) is 6.42 Å². The minimum atomic E-state index is -0.171. The lowest BCUT2D eigenvalue weighted by Crippen LogP contribution is -2.38. The Morgan fingerprint density at radius 3 is 2.33 bits per heavy atom. The third-order valence-corrected chi connectivity index (χ3v) is 2.27.